The molecule has 0 aromatic carbocycles. The molecule has 1 N–H and O–H groups in total. The molecule has 0 saturated carbocycles. The Kier molecular flexibility index (Phi) is 3.25. The predicted octanol–water partition coefficient (Wildman–Crippen LogP) is 1.65. The van der Waals surface area contributed by atoms with E-state index in [1.807, 2.05) is 34.9 Å². The molecule has 0 aliphatic carbocycles. The van der Waals surface area contributed by atoms with E-state index in [2.05, 4.69) is 20.5 Å². The van der Waals surface area contributed by atoms with Crippen LogP contribution in [-0.2, 0) is 6.42 Å². The van der Waals surface area contributed by atoms with E-state index in [0.29, 0.717) is 12.1 Å². The normalized spacial score (nSPS) is 10.3. The lowest BCUT2D eigenvalue weighted by Gasteiger charge is -2.04. The zero-order valence-corrected chi connectivity index (χ0v) is 10.7. The third-order valence-corrected chi connectivity index (χ3v) is 2.93. The number of pyridine rings is 2. The fourth-order valence-corrected chi connectivity index (χ4v) is 1.93. The summed E-state index contributed by atoms with van der Waals surface area (Å²) in [6.07, 6.45) is 4.24. The molecule has 0 atom stereocenters. The van der Waals surface area contributed by atoms with E-state index in [1.165, 1.54) is 0 Å². The molecule has 0 amide bonds. The van der Waals surface area contributed by atoms with Gasteiger partial charge >= 0.3 is 0 Å². The van der Waals surface area contributed by atoms with Crippen molar-refractivity contribution in [3.63, 3.8) is 0 Å². The molecule has 3 aromatic heterocycles. The Bertz CT molecular complexity index is 753. The van der Waals surface area contributed by atoms with Gasteiger partial charge in [0, 0.05) is 25.4 Å². The van der Waals surface area contributed by atoms with Crippen LogP contribution in [-0.4, -0.2) is 26.1 Å². The van der Waals surface area contributed by atoms with Gasteiger partial charge in [-0.15, -0.1) is 10.2 Å². The van der Waals surface area contributed by atoms with E-state index < -0.39 is 0 Å². The van der Waals surface area contributed by atoms with E-state index in [-0.39, 0.29) is 0 Å². The fourth-order valence-electron chi connectivity index (χ4n) is 1.93. The summed E-state index contributed by atoms with van der Waals surface area (Å²) in [7, 11) is 0. The number of aromatic nitrogens is 4. The second kappa shape index (κ2) is 5.36. The third kappa shape index (κ3) is 2.42. The van der Waals surface area contributed by atoms with Gasteiger partial charge in [0.1, 0.15) is 17.7 Å². The molecule has 3 rings (SSSR count). The molecule has 3 aromatic rings. The molecule has 20 heavy (non-hydrogen) atoms. The van der Waals surface area contributed by atoms with Crippen LogP contribution in [0.4, 0.5) is 5.82 Å². The minimum atomic E-state index is 0.555. The fraction of sp³-hybridized carbons (Fsp3) is 0.143. The quantitative estimate of drug-likeness (QED) is 0.775. The van der Waals surface area contributed by atoms with Gasteiger partial charge in [-0.25, -0.2) is 4.98 Å². The van der Waals surface area contributed by atoms with Crippen molar-refractivity contribution in [2.24, 2.45) is 0 Å². The van der Waals surface area contributed by atoms with E-state index in [1.54, 1.807) is 18.3 Å². The summed E-state index contributed by atoms with van der Waals surface area (Å²) in [5.41, 5.74) is 1.40. The van der Waals surface area contributed by atoms with Gasteiger partial charge in [-0.2, -0.15) is 5.26 Å². The summed E-state index contributed by atoms with van der Waals surface area (Å²) in [5.74, 6) is 1.65. The molecule has 0 bridgehead atoms. The van der Waals surface area contributed by atoms with Crippen molar-refractivity contribution in [1.29, 1.82) is 5.26 Å². The maximum absolute atomic E-state index is 8.70. The second-order valence-corrected chi connectivity index (χ2v) is 4.27. The van der Waals surface area contributed by atoms with Crippen molar-refractivity contribution < 1.29 is 0 Å². The number of hydrogen-bond donors (Lipinski definition) is 1. The first-order valence-corrected chi connectivity index (χ1v) is 6.25. The largest absolute Gasteiger partial charge is 0.370 e. The van der Waals surface area contributed by atoms with E-state index in [9.17, 15) is 0 Å². The summed E-state index contributed by atoms with van der Waals surface area (Å²) < 4.78 is 1.97. The van der Waals surface area contributed by atoms with Crippen LogP contribution in [0, 0.1) is 11.3 Å². The summed E-state index contributed by atoms with van der Waals surface area (Å²) >= 11 is 0. The smallest absolute Gasteiger partial charge is 0.160 e. The highest BCUT2D eigenvalue weighted by Gasteiger charge is 2.04. The first-order chi connectivity index (χ1) is 9.86. The lowest BCUT2D eigenvalue weighted by atomic mass is 10.3. The zero-order valence-electron chi connectivity index (χ0n) is 10.7. The molecule has 6 heteroatoms. The van der Waals surface area contributed by atoms with Gasteiger partial charge < -0.3 is 5.32 Å². The Hall–Kier alpha value is -2.94. The molecule has 0 aliphatic rings. The molecule has 3 heterocycles. The average molecular weight is 264 g/mol. The highest BCUT2D eigenvalue weighted by Crippen LogP contribution is 2.06. The number of nitrogens with one attached hydrogen (secondary N) is 1. The van der Waals surface area contributed by atoms with Crippen molar-refractivity contribution in [1.82, 2.24) is 19.6 Å². The Balaban J connectivity index is 1.63. The van der Waals surface area contributed by atoms with Crippen LogP contribution in [0.25, 0.3) is 5.65 Å². The van der Waals surface area contributed by atoms with Crippen LogP contribution < -0.4 is 5.32 Å². The molecule has 6 nitrogen and oxygen atoms in total. The third-order valence-electron chi connectivity index (χ3n) is 2.93. The number of anilines is 1. The average Bonchev–Trinajstić information content (AvgIpc) is 2.92. The zero-order chi connectivity index (χ0) is 13.8. The first-order valence-electron chi connectivity index (χ1n) is 6.25. The van der Waals surface area contributed by atoms with E-state index in [0.717, 1.165) is 23.7 Å². The minimum Gasteiger partial charge on any atom is -0.370 e. The number of rotatable bonds is 4. The maximum atomic E-state index is 8.70. The summed E-state index contributed by atoms with van der Waals surface area (Å²) in [4.78, 5) is 4.15. The Morgan fingerprint density at radius 2 is 2.15 bits per heavy atom. The summed E-state index contributed by atoms with van der Waals surface area (Å²) in [6, 6.07) is 11.4. The standard InChI is InChI=1S/C14H12N6/c15-9-11-4-5-12(17-10-11)16-7-6-14-19-18-13-3-1-2-8-20(13)14/h1-5,8,10H,6-7H2,(H,16,17). The van der Waals surface area contributed by atoms with Crippen LogP contribution in [0.3, 0.4) is 0 Å². The minimum absolute atomic E-state index is 0.555. The predicted molar refractivity (Wildman–Crippen MR) is 74.1 cm³/mol. The van der Waals surface area contributed by atoms with Crippen LogP contribution >= 0.6 is 0 Å². The molecule has 0 unspecified atom stereocenters. The molecule has 98 valence electrons. The summed E-state index contributed by atoms with van der Waals surface area (Å²) in [6.45, 7) is 0.703. The summed E-state index contributed by atoms with van der Waals surface area (Å²) in [5, 5.41) is 20.2. The van der Waals surface area contributed by atoms with Crippen molar-refractivity contribution in [2.75, 3.05) is 11.9 Å². The second-order valence-electron chi connectivity index (χ2n) is 4.27. The molecule has 0 saturated heterocycles. The molecule has 0 aliphatic heterocycles. The highest BCUT2D eigenvalue weighted by molar-refractivity contribution is 5.39. The van der Waals surface area contributed by atoms with Gasteiger partial charge in [-0.1, -0.05) is 6.07 Å². The highest BCUT2D eigenvalue weighted by atomic mass is 15.2. The van der Waals surface area contributed by atoms with Crippen LogP contribution in [0.5, 0.6) is 0 Å². The van der Waals surface area contributed by atoms with E-state index in [4.69, 9.17) is 5.26 Å². The van der Waals surface area contributed by atoms with Crippen molar-refractivity contribution in [3.8, 4) is 6.07 Å². The van der Waals surface area contributed by atoms with Gasteiger partial charge in [0.25, 0.3) is 0 Å². The maximum Gasteiger partial charge on any atom is 0.160 e. The Morgan fingerprint density at radius 3 is 2.95 bits per heavy atom. The number of hydrogen-bond acceptors (Lipinski definition) is 5. The van der Waals surface area contributed by atoms with Crippen LogP contribution in [0.2, 0.25) is 0 Å². The van der Waals surface area contributed by atoms with Gasteiger partial charge in [0.2, 0.25) is 0 Å². The van der Waals surface area contributed by atoms with Crippen LogP contribution in [0.1, 0.15) is 11.4 Å². The van der Waals surface area contributed by atoms with Gasteiger partial charge in [-0.3, -0.25) is 4.40 Å². The topological polar surface area (TPSA) is 78.9 Å². The van der Waals surface area contributed by atoms with Gasteiger partial charge in [-0.05, 0) is 24.3 Å². The Morgan fingerprint density at radius 1 is 1.20 bits per heavy atom. The number of fused-ring (bicyclic) bond motifs is 1. The lowest BCUT2D eigenvalue weighted by Crippen LogP contribution is -2.08. The monoisotopic (exact) mass is 264 g/mol. The first kappa shape index (κ1) is 12.1. The Labute approximate surface area is 115 Å². The van der Waals surface area contributed by atoms with Gasteiger partial charge in [0.05, 0.1) is 5.56 Å². The molecule has 0 spiro atoms. The van der Waals surface area contributed by atoms with Crippen LogP contribution in [0.15, 0.2) is 42.7 Å². The molecular weight excluding hydrogens is 252 g/mol. The number of nitrogens with zero attached hydrogens (tertiary/aromatic N) is 5. The molecule has 0 radical (unpaired) electrons. The lowest BCUT2D eigenvalue weighted by molar-refractivity contribution is 0.868. The number of nitriles is 1. The van der Waals surface area contributed by atoms with Crippen molar-refractivity contribution in [3.05, 3.63) is 54.1 Å². The molecular formula is C14H12N6. The van der Waals surface area contributed by atoms with Crippen molar-refractivity contribution in [2.45, 2.75) is 6.42 Å². The SMILES string of the molecule is N#Cc1ccc(NCCc2nnc3ccccn23)nc1. The van der Waals surface area contributed by atoms with E-state index >= 15 is 0 Å². The molecule has 0 fully saturated rings. The van der Waals surface area contributed by atoms with Crippen molar-refractivity contribution >= 4 is 11.5 Å². The van der Waals surface area contributed by atoms with Gasteiger partial charge in [0.15, 0.2) is 5.65 Å².